The van der Waals surface area contributed by atoms with Crippen molar-refractivity contribution in [1.82, 2.24) is 5.32 Å². The number of nitrogens with zero attached hydrogens (tertiary/aromatic N) is 1. The quantitative estimate of drug-likeness (QED) is 0.475. The second kappa shape index (κ2) is 8.28. The SMILES string of the molecule is C[C@H](NC(=O)c1cccc(S(=O)(=O)N(C)c2ccccc2)c1)c1cc2ccccc2o1. The Morgan fingerprint density at radius 1 is 0.935 bits per heavy atom. The predicted molar refractivity (Wildman–Crippen MR) is 121 cm³/mol. The number of carbonyl (C=O) groups excluding carboxylic acids is 1. The molecule has 4 rings (SSSR count). The molecule has 1 heterocycles. The normalized spacial score (nSPS) is 12.5. The Balaban J connectivity index is 1.55. The van der Waals surface area contributed by atoms with E-state index in [-0.39, 0.29) is 22.4 Å². The van der Waals surface area contributed by atoms with Crippen molar-refractivity contribution in [2.24, 2.45) is 0 Å². The molecule has 0 bridgehead atoms. The van der Waals surface area contributed by atoms with Crippen molar-refractivity contribution in [3.63, 3.8) is 0 Å². The zero-order chi connectivity index (χ0) is 22.0. The number of hydrogen-bond donors (Lipinski definition) is 1. The first-order chi connectivity index (χ1) is 14.9. The number of carbonyl (C=O) groups is 1. The molecule has 0 aliphatic heterocycles. The number of nitrogens with one attached hydrogen (secondary N) is 1. The summed E-state index contributed by atoms with van der Waals surface area (Å²) in [6.45, 7) is 1.82. The van der Waals surface area contributed by atoms with Crippen LogP contribution in [0.15, 0.2) is 94.2 Å². The second-order valence-electron chi connectivity index (χ2n) is 7.22. The van der Waals surface area contributed by atoms with E-state index in [0.29, 0.717) is 11.4 Å². The topological polar surface area (TPSA) is 79.6 Å². The van der Waals surface area contributed by atoms with Crippen LogP contribution in [0.1, 0.15) is 29.1 Å². The van der Waals surface area contributed by atoms with E-state index in [1.54, 1.807) is 36.4 Å². The fourth-order valence-corrected chi connectivity index (χ4v) is 4.54. The van der Waals surface area contributed by atoms with E-state index in [4.69, 9.17) is 4.42 Å². The molecule has 1 N–H and O–H groups in total. The summed E-state index contributed by atoms with van der Waals surface area (Å²) < 4.78 is 33.1. The van der Waals surface area contributed by atoms with Gasteiger partial charge in [0, 0.05) is 18.0 Å². The third kappa shape index (κ3) is 4.18. The lowest BCUT2D eigenvalue weighted by molar-refractivity contribution is 0.0935. The zero-order valence-corrected chi connectivity index (χ0v) is 18.0. The maximum atomic E-state index is 13.0. The van der Waals surface area contributed by atoms with Gasteiger partial charge < -0.3 is 9.73 Å². The standard InChI is InChI=1S/C24H22N2O4S/c1-17(23-16-18-9-6-7-14-22(18)30-23)25-24(27)19-10-8-13-21(15-19)31(28,29)26(2)20-11-4-3-5-12-20/h3-17H,1-2H3,(H,25,27)/t17-/m0/s1. The van der Waals surface area contributed by atoms with Crippen LogP contribution >= 0.6 is 0 Å². The van der Waals surface area contributed by atoms with Crippen LogP contribution in [0.5, 0.6) is 0 Å². The van der Waals surface area contributed by atoms with Gasteiger partial charge in [0.25, 0.3) is 15.9 Å². The molecule has 6 nitrogen and oxygen atoms in total. The van der Waals surface area contributed by atoms with Gasteiger partial charge in [0.2, 0.25) is 0 Å². The Kier molecular flexibility index (Phi) is 5.52. The maximum absolute atomic E-state index is 13.0. The van der Waals surface area contributed by atoms with E-state index in [1.165, 1.54) is 23.5 Å². The van der Waals surface area contributed by atoms with Crippen LogP contribution in [-0.4, -0.2) is 21.4 Å². The van der Waals surface area contributed by atoms with Gasteiger partial charge in [0.1, 0.15) is 11.3 Å². The van der Waals surface area contributed by atoms with Gasteiger partial charge in [-0.1, -0.05) is 42.5 Å². The minimum atomic E-state index is -3.81. The molecule has 1 atom stereocenters. The van der Waals surface area contributed by atoms with Crippen LogP contribution in [0.25, 0.3) is 11.0 Å². The molecular weight excluding hydrogens is 412 g/mol. The fraction of sp³-hybridized carbons (Fsp3) is 0.125. The first-order valence-electron chi connectivity index (χ1n) is 9.79. The van der Waals surface area contributed by atoms with Crippen molar-refractivity contribution in [2.45, 2.75) is 17.9 Å². The molecule has 4 aromatic rings. The second-order valence-corrected chi connectivity index (χ2v) is 9.19. The smallest absolute Gasteiger partial charge is 0.264 e. The van der Waals surface area contributed by atoms with Crippen LogP contribution < -0.4 is 9.62 Å². The Morgan fingerprint density at radius 2 is 1.65 bits per heavy atom. The average molecular weight is 435 g/mol. The molecule has 7 heteroatoms. The summed E-state index contributed by atoms with van der Waals surface area (Å²) in [5.41, 5.74) is 1.54. The summed E-state index contributed by atoms with van der Waals surface area (Å²) in [7, 11) is -2.32. The monoisotopic (exact) mass is 434 g/mol. The third-order valence-corrected chi connectivity index (χ3v) is 6.87. The van der Waals surface area contributed by atoms with Crippen molar-refractivity contribution in [1.29, 1.82) is 0 Å². The number of para-hydroxylation sites is 2. The first-order valence-corrected chi connectivity index (χ1v) is 11.2. The van der Waals surface area contributed by atoms with Gasteiger partial charge in [-0.2, -0.15) is 0 Å². The number of benzene rings is 3. The molecule has 0 aliphatic rings. The first kappa shape index (κ1) is 20.7. The molecule has 0 saturated heterocycles. The van der Waals surface area contributed by atoms with Crippen molar-refractivity contribution >= 4 is 32.6 Å². The van der Waals surface area contributed by atoms with Crippen molar-refractivity contribution in [3.05, 3.63) is 96.3 Å². The lowest BCUT2D eigenvalue weighted by atomic mass is 10.1. The summed E-state index contributed by atoms with van der Waals surface area (Å²) in [5, 5.41) is 3.83. The van der Waals surface area contributed by atoms with Crippen LogP contribution in [0, 0.1) is 0 Å². The van der Waals surface area contributed by atoms with Crippen molar-refractivity contribution in [2.75, 3.05) is 11.4 Å². The fourth-order valence-electron chi connectivity index (χ4n) is 3.30. The van der Waals surface area contributed by atoms with Gasteiger partial charge in [-0.25, -0.2) is 8.42 Å². The summed E-state index contributed by atoms with van der Waals surface area (Å²) in [4.78, 5) is 12.8. The highest BCUT2D eigenvalue weighted by atomic mass is 32.2. The summed E-state index contributed by atoms with van der Waals surface area (Å²) in [6, 6.07) is 23.9. The highest BCUT2D eigenvalue weighted by Crippen LogP contribution is 2.25. The molecular formula is C24H22N2O4S. The maximum Gasteiger partial charge on any atom is 0.264 e. The lowest BCUT2D eigenvalue weighted by Gasteiger charge is -2.20. The van der Waals surface area contributed by atoms with E-state index in [2.05, 4.69) is 5.32 Å². The number of hydrogen-bond acceptors (Lipinski definition) is 4. The Hall–Kier alpha value is -3.58. The number of anilines is 1. The summed E-state index contributed by atoms with van der Waals surface area (Å²) in [5.74, 6) is 0.245. The molecule has 158 valence electrons. The van der Waals surface area contributed by atoms with E-state index >= 15 is 0 Å². The van der Waals surface area contributed by atoms with E-state index in [1.807, 2.05) is 43.3 Å². The zero-order valence-electron chi connectivity index (χ0n) is 17.1. The van der Waals surface area contributed by atoms with Crippen LogP contribution in [-0.2, 0) is 10.0 Å². The number of furan rings is 1. The third-order valence-electron chi connectivity index (χ3n) is 5.09. The Bertz CT molecular complexity index is 1300. The minimum Gasteiger partial charge on any atom is -0.459 e. The van der Waals surface area contributed by atoms with Gasteiger partial charge >= 0.3 is 0 Å². The van der Waals surface area contributed by atoms with Crippen LogP contribution in [0.3, 0.4) is 0 Å². The van der Waals surface area contributed by atoms with Crippen molar-refractivity contribution < 1.29 is 17.6 Å². The van der Waals surface area contributed by atoms with Gasteiger partial charge in [-0.15, -0.1) is 0 Å². The average Bonchev–Trinajstić information content (AvgIpc) is 3.24. The summed E-state index contributed by atoms with van der Waals surface area (Å²) in [6.07, 6.45) is 0. The lowest BCUT2D eigenvalue weighted by Crippen LogP contribution is -2.28. The number of fused-ring (bicyclic) bond motifs is 1. The molecule has 0 fully saturated rings. The Morgan fingerprint density at radius 3 is 2.39 bits per heavy atom. The minimum absolute atomic E-state index is 0.0443. The summed E-state index contributed by atoms with van der Waals surface area (Å²) >= 11 is 0. The molecule has 3 aromatic carbocycles. The highest BCUT2D eigenvalue weighted by molar-refractivity contribution is 7.92. The molecule has 31 heavy (non-hydrogen) atoms. The van der Waals surface area contributed by atoms with Crippen molar-refractivity contribution in [3.8, 4) is 0 Å². The predicted octanol–water partition coefficient (Wildman–Crippen LogP) is 4.75. The van der Waals surface area contributed by atoms with Crippen LogP contribution in [0.4, 0.5) is 5.69 Å². The molecule has 0 saturated carbocycles. The van der Waals surface area contributed by atoms with Crippen LogP contribution in [0.2, 0.25) is 0 Å². The number of rotatable bonds is 6. The van der Waals surface area contributed by atoms with Gasteiger partial charge in [0.05, 0.1) is 16.6 Å². The Labute approximate surface area is 181 Å². The largest absolute Gasteiger partial charge is 0.459 e. The molecule has 0 radical (unpaired) electrons. The van der Waals surface area contributed by atoms with Gasteiger partial charge in [0.15, 0.2) is 0 Å². The van der Waals surface area contributed by atoms with E-state index < -0.39 is 10.0 Å². The molecule has 0 spiro atoms. The van der Waals surface area contributed by atoms with Gasteiger partial charge in [-0.3, -0.25) is 9.10 Å². The van der Waals surface area contributed by atoms with E-state index in [9.17, 15) is 13.2 Å². The molecule has 0 unspecified atom stereocenters. The molecule has 0 aliphatic carbocycles. The number of sulfonamides is 1. The van der Waals surface area contributed by atoms with E-state index in [0.717, 1.165) is 11.0 Å². The molecule has 1 amide bonds. The van der Waals surface area contributed by atoms with Gasteiger partial charge in [-0.05, 0) is 49.4 Å². The highest BCUT2D eigenvalue weighted by Gasteiger charge is 2.23. The molecule has 1 aromatic heterocycles. The number of amides is 1.